The van der Waals surface area contributed by atoms with E-state index in [1.165, 1.54) is 12.3 Å². The zero-order valence-electron chi connectivity index (χ0n) is 7.94. The summed E-state index contributed by atoms with van der Waals surface area (Å²) >= 11 is 0. The van der Waals surface area contributed by atoms with Gasteiger partial charge in [0.15, 0.2) is 0 Å². The SMILES string of the molecule is Cc1cccc2cc(S(=O)(=O)Cl)cnc12. The lowest BCUT2D eigenvalue weighted by molar-refractivity contribution is 0.609. The molecule has 0 bridgehead atoms. The van der Waals surface area contributed by atoms with Gasteiger partial charge in [-0.15, -0.1) is 0 Å². The molecule has 0 atom stereocenters. The second kappa shape index (κ2) is 3.47. The van der Waals surface area contributed by atoms with Gasteiger partial charge in [-0.2, -0.15) is 0 Å². The summed E-state index contributed by atoms with van der Waals surface area (Å²) in [6, 6.07) is 7.10. The van der Waals surface area contributed by atoms with E-state index < -0.39 is 9.05 Å². The van der Waals surface area contributed by atoms with E-state index in [1.54, 1.807) is 6.07 Å². The van der Waals surface area contributed by atoms with Crippen molar-refractivity contribution in [2.24, 2.45) is 0 Å². The smallest absolute Gasteiger partial charge is 0.255 e. The van der Waals surface area contributed by atoms with Gasteiger partial charge in [-0.05, 0) is 18.6 Å². The van der Waals surface area contributed by atoms with Crippen LogP contribution in [-0.4, -0.2) is 13.4 Å². The fourth-order valence-electron chi connectivity index (χ4n) is 1.43. The Morgan fingerprint density at radius 3 is 2.73 bits per heavy atom. The van der Waals surface area contributed by atoms with E-state index in [2.05, 4.69) is 4.98 Å². The fourth-order valence-corrected chi connectivity index (χ4v) is 2.13. The van der Waals surface area contributed by atoms with Crippen LogP contribution in [-0.2, 0) is 9.05 Å². The Hall–Kier alpha value is -1.13. The van der Waals surface area contributed by atoms with E-state index in [9.17, 15) is 8.42 Å². The molecule has 1 heterocycles. The molecule has 15 heavy (non-hydrogen) atoms. The Kier molecular flexibility index (Phi) is 2.40. The van der Waals surface area contributed by atoms with Crippen LogP contribution >= 0.6 is 10.7 Å². The number of hydrogen-bond donors (Lipinski definition) is 0. The van der Waals surface area contributed by atoms with Gasteiger partial charge in [0.1, 0.15) is 4.90 Å². The highest BCUT2D eigenvalue weighted by Crippen LogP contribution is 2.21. The lowest BCUT2D eigenvalue weighted by atomic mass is 10.1. The van der Waals surface area contributed by atoms with E-state index in [4.69, 9.17) is 10.7 Å². The molecule has 0 saturated carbocycles. The lowest BCUT2D eigenvalue weighted by Crippen LogP contribution is -1.93. The van der Waals surface area contributed by atoms with Gasteiger partial charge in [0.25, 0.3) is 9.05 Å². The minimum absolute atomic E-state index is 0.0299. The molecule has 1 aromatic carbocycles. The first-order valence-electron chi connectivity index (χ1n) is 4.28. The number of nitrogens with zero attached hydrogens (tertiary/aromatic N) is 1. The van der Waals surface area contributed by atoms with Gasteiger partial charge < -0.3 is 0 Å². The highest BCUT2D eigenvalue weighted by atomic mass is 35.7. The van der Waals surface area contributed by atoms with Crippen molar-refractivity contribution in [3.63, 3.8) is 0 Å². The van der Waals surface area contributed by atoms with E-state index in [0.717, 1.165) is 16.5 Å². The highest BCUT2D eigenvalue weighted by molar-refractivity contribution is 8.13. The quantitative estimate of drug-likeness (QED) is 0.721. The maximum absolute atomic E-state index is 11.1. The maximum atomic E-state index is 11.1. The largest absolute Gasteiger partial charge is 0.262 e. The number of hydrogen-bond acceptors (Lipinski definition) is 3. The van der Waals surface area contributed by atoms with Crippen molar-refractivity contribution < 1.29 is 8.42 Å². The average Bonchev–Trinajstić information content (AvgIpc) is 2.16. The molecule has 0 amide bonds. The standard InChI is InChI=1S/C10H8ClNO2S/c1-7-3-2-4-8-5-9(15(11,13)14)6-12-10(7)8/h2-6H,1H3. The molecule has 5 heteroatoms. The van der Waals surface area contributed by atoms with Crippen LogP contribution in [0.3, 0.4) is 0 Å². The van der Waals surface area contributed by atoms with E-state index >= 15 is 0 Å². The number of aryl methyl sites for hydroxylation is 1. The Bertz CT molecular complexity index is 622. The van der Waals surface area contributed by atoms with Crippen molar-refractivity contribution in [3.8, 4) is 0 Å². The third-order valence-electron chi connectivity index (χ3n) is 2.17. The van der Waals surface area contributed by atoms with Gasteiger partial charge in [0.2, 0.25) is 0 Å². The molecule has 0 spiro atoms. The molecule has 2 rings (SSSR count). The Labute approximate surface area is 92.1 Å². The van der Waals surface area contributed by atoms with Gasteiger partial charge in [-0.25, -0.2) is 8.42 Å². The molecule has 0 radical (unpaired) electrons. The molecular formula is C10H8ClNO2S. The second-order valence-corrected chi connectivity index (χ2v) is 5.82. The molecule has 0 saturated heterocycles. The van der Waals surface area contributed by atoms with Crippen LogP contribution in [0.4, 0.5) is 0 Å². The normalized spacial score (nSPS) is 11.9. The number of pyridine rings is 1. The van der Waals surface area contributed by atoms with Crippen molar-refractivity contribution in [2.45, 2.75) is 11.8 Å². The Morgan fingerprint density at radius 2 is 2.07 bits per heavy atom. The van der Waals surface area contributed by atoms with Crippen LogP contribution in [0.1, 0.15) is 5.56 Å². The number of fused-ring (bicyclic) bond motifs is 1. The molecule has 2 aromatic rings. The van der Waals surface area contributed by atoms with Crippen LogP contribution in [0.2, 0.25) is 0 Å². The number of aromatic nitrogens is 1. The number of benzene rings is 1. The first-order chi connectivity index (χ1) is 6.98. The predicted molar refractivity (Wildman–Crippen MR) is 59.5 cm³/mol. The van der Waals surface area contributed by atoms with E-state index in [1.807, 2.05) is 19.1 Å². The second-order valence-electron chi connectivity index (χ2n) is 3.26. The third kappa shape index (κ3) is 1.96. The Morgan fingerprint density at radius 1 is 1.33 bits per heavy atom. The summed E-state index contributed by atoms with van der Waals surface area (Å²) in [5, 5.41) is 0.775. The van der Waals surface area contributed by atoms with Gasteiger partial charge in [-0.1, -0.05) is 18.2 Å². The summed E-state index contributed by atoms with van der Waals surface area (Å²) in [7, 11) is 1.53. The summed E-state index contributed by atoms with van der Waals surface area (Å²) in [6.45, 7) is 1.92. The fraction of sp³-hybridized carbons (Fsp3) is 0.100. The summed E-state index contributed by atoms with van der Waals surface area (Å²) in [5.74, 6) is 0. The molecule has 0 aliphatic carbocycles. The van der Waals surface area contributed by atoms with Crippen molar-refractivity contribution in [1.29, 1.82) is 0 Å². The van der Waals surface area contributed by atoms with Gasteiger partial charge >= 0.3 is 0 Å². The van der Waals surface area contributed by atoms with Crippen molar-refractivity contribution in [1.82, 2.24) is 4.98 Å². The number of halogens is 1. The molecule has 0 fully saturated rings. The predicted octanol–water partition coefficient (Wildman–Crippen LogP) is 2.47. The zero-order valence-corrected chi connectivity index (χ0v) is 9.51. The summed E-state index contributed by atoms with van der Waals surface area (Å²) in [6.07, 6.45) is 1.28. The molecule has 0 aliphatic heterocycles. The summed E-state index contributed by atoms with van der Waals surface area (Å²) in [5.41, 5.74) is 1.80. The van der Waals surface area contributed by atoms with Crippen LogP contribution in [0.25, 0.3) is 10.9 Å². The minimum Gasteiger partial charge on any atom is -0.255 e. The van der Waals surface area contributed by atoms with Gasteiger partial charge in [0, 0.05) is 22.3 Å². The minimum atomic E-state index is -3.70. The van der Waals surface area contributed by atoms with Crippen LogP contribution < -0.4 is 0 Å². The molecule has 0 aliphatic rings. The van der Waals surface area contributed by atoms with Crippen LogP contribution in [0.15, 0.2) is 35.4 Å². The molecule has 0 unspecified atom stereocenters. The molecular weight excluding hydrogens is 234 g/mol. The molecule has 3 nitrogen and oxygen atoms in total. The third-order valence-corrected chi connectivity index (χ3v) is 3.49. The average molecular weight is 242 g/mol. The van der Waals surface area contributed by atoms with Gasteiger partial charge in [-0.3, -0.25) is 4.98 Å². The van der Waals surface area contributed by atoms with Crippen molar-refractivity contribution in [3.05, 3.63) is 36.0 Å². The summed E-state index contributed by atoms with van der Waals surface area (Å²) < 4.78 is 22.2. The maximum Gasteiger partial charge on any atom is 0.262 e. The first-order valence-corrected chi connectivity index (χ1v) is 6.59. The van der Waals surface area contributed by atoms with E-state index in [0.29, 0.717) is 0 Å². The Balaban J connectivity index is 2.79. The lowest BCUT2D eigenvalue weighted by Gasteiger charge is -2.02. The number of rotatable bonds is 1. The first kappa shape index (κ1) is 10.4. The highest BCUT2D eigenvalue weighted by Gasteiger charge is 2.11. The molecule has 0 N–H and O–H groups in total. The monoisotopic (exact) mass is 241 g/mol. The van der Waals surface area contributed by atoms with E-state index in [-0.39, 0.29) is 4.90 Å². The van der Waals surface area contributed by atoms with Crippen LogP contribution in [0.5, 0.6) is 0 Å². The topological polar surface area (TPSA) is 47.0 Å². The zero-order chi connectivity index (χ0) is 11.1. The summed E-state index contributed by atoms with van der Waals surface area (Å²) in [4.78, 5) is 4.11. The van der Waals surface area contributed by atoms with Gasteiger partial charge in [0.05, 0.1) is 5.52 Å². The van der Waals surface area contributed by atoms with Crippen molar-refractivity contribution >= 4 is 30.6 Å². The number of para-hydroxylation sites is 1. The van der Waals surface area contributed by atoms with Crippen LogP contribution in [0, 0.1) is 6.92 Å². The molecule has 78 valence electrons. The molecule has 1 aromatic heterocycles. The van der Waals surface area contributed by atoms with Crippen molar-refractivity contribution in [2.75, 3.05) is 0 Å².